The fraction of sp³-hybridized carbons (Fsp3) is 0.750. The van der Waals surface area contributed by atoms with Crippen molar-refractivity contribution in [1.82, 2.24) is 20.3 Å². The molecule has 5 nitrogen and oxygen atoms in total. The van der Waals surface area contributed by atoms with Crippen LogP contribution in [0.3, 0.4) is 0 Å². The van der Waals surface area contributed by atoms with Gasteiger partial charge in [-0.3, -0.25) is 0 Å². The SMILES string of the molecule is CCCc1c(CNC)nnn1CCCCC#N. The number of aryl methyl sites for hydroxylation is 1. The van der Waals surface area contributed by atoms with Crippen molar-refractivity contribution in [2.75, 3.05) is 7.05 Å². The lowest BCUT2D eigenvalue weighted by Gasteiger charge is -2.06. The summed E-state index contributed by atoms with van der Waals surface area (Å²) in [6.07, 6.45) is 4.67. The first-order valence-electron chi connectivity index (χ1n) is 6.26. The average molecular weight is 235 g/mol. The van der Waals surface area contributed by atoms with Crippen LogP contribution in [0.5, 0.6) is 0 Å². The summed E-state index contributed by atoms with van der Waals surface area (Å²) in [7, 11) is 1.92. The Morgan fingerprint density at radius 2 is 2.24 bits per heavy atom. The van der Waals surface area contributed by atoms with Crippen molar-refractivity contribution in [3.05, 3.63) is 11.4 Å². The van der Waals surface area contributed by atoms with Crippen molar-refractivity contribution in [3.8, 4) is 6.07 Å². The van der Waals surface area contributed by atoms with Crippen molar-refractivity contribution in [3.63, 3.8) is 0 Å². The number of rotatable bonds is 8. The van der Waals surface area contributed by atoms with Crippen molar-refractivity contribution in [2.24, 2.45) is 0 Å². The Hall–Kier alpha value is -1.41. The first-order valence-corrected chi connectivity index (χ1v) is 6.26. The minimum absolute atomic E-state index is 0.626. The smallest absolute Gasteiger partial charge is 0.0996 e. The van der Waals surface area contributed by atoms with E-state index < -0.39 is 0 Å². The van der Waals surface area contributed by atoms with Crippen LogP contribution in [0.2, 0.25) is 0 Å². The maximum atomic E-state index is 8.48. The molecule has 1 aromatic rings. The summed E-state index contributed by atoms with van der Waals surface area (Å²) in [5.41, 5.74) is 2.29. The molecule has 0 spiro atoms. The van der Waals surface area contributed by atoms with E-state index in [1.54, 1.807) is 0 Å². The molecule has 0 unspecified atom stereocenters. The van der Waals surface area contributed by atoms with Gasteiger partial charge in [-0.1, -0.05) is 18.6 Å². The summed E-state index contributed by atoms with van der Waals surface area (Å²) in [5, 5.41) is 20.0. The Morgan fingerprint density at radius 3 is 2.88 bits per heavy atom. The second-order valence-corrected chi connectivity index (χ2v) is 4.10. The van der Waals surface area contributed by atoms with E-state index in [0.29, 0.717) is 6.42 Å². The third-order valence-electron chi connectivity index (χ3n) is 2.66. The molecule has 0 saturated heterocycles. The highest BCUT2D eigenvalue weighted by atomic mass is 15.4. The number of hydrogen-bond donors (Lipinski definition) is 1. The van der Waals surface area contributed by atoms with Gasteiger partial charge < -0.3 is 5.32 Å². The largest absolute Gasteiger partial charge is 0.314 e. The van der Waals surface area contributed by atoms with Gasteiger partial charge in [0.15, 0.2) is 0 Å². The van der Waals surface area contributed by atoms with Gasteiger partial charge in [-0.2, -0.15) is 5.26 Å². The molecule has 1 aromatic heterocycles. The quantitative estimate of drug-likeness (QED) is 0.696. The summed E-state index contributed by atoms with van der Waals surface area (Å²) in [5.74, 6) is 0. The second-order valence-electron chi connectivity index (χ2n) is 4.10. The number of nitrogens with zero attached hydrogens (tertiary/aromatic N) is 4. The van der Waals surface area contributed by atoms with Gasteiger partial charge in [0.25, 0.3) is 0 Å². The van der Waals surface area contributed by atoms with Crippen LogP contribution in [0.15, 0.2) is 0 Å². The fourth-order valence-electron chi connectivity index (χ4n) is 1.83. The topological polar surface area (TPSA) is 66.5 Å². The van der Waals surface area contributed by atoms with Crippen LogP contribution >= 0.6 is 0 Å². The van der Waals surface area contributed by atoms with Crippen molar-refractivity contribution in [1.29, 1.82) is 5.26 Å². The molecule has 0 bridgehead atoms. The third kappa shape index (κ3) is 4.16. The second kappa shape index (κ2) is 7.80. The zero-order valence-corrected chi connectivity index (χ0v) is 10.7. The number of nitrogens with one attached hydrogen (secondary N) is 1. The van der Waals surface area contributed by atoms with E-state index in [0.717, 1.165) is 44.5 Å². The minimum atomic E-state index is 0.626. The number of nitriles is 1. The first-order chi connectivity index (χ1) is 8.33. The summed E-state index contributed by atoms with van der Waals surface area (Å²) in [6, 6.07) is 2.16. The van der Waals surface area contributed by atoms with E-state index in [-0.39, 0.29) is 0 Å². The molecule has 0 radical (unpaired) electrons. The first kappa shape index (κ1) is 13.7. The van der Waals surface area contributed by atoms with E-state index in [2.05, 4.69) is 28.6 Å². The minimum Gasteiger partial charge on any atom is -0.314 e. The summed E-state index contributed by atoms with van der Waals surface area (Å²) < 4.78 is 1.99. The molecule has 17 heavy (non-hydrogen) atoms. The van der Waals surface area contributed by atoms with Crippen LogP contribution in [0.25, 0.3) is 0 Å². The Morgan fingerprint density at radius 1 is 1.41 bits per heavy atom. The van der Waals surface area contributed by atoms with Gasteiger partial charge in [0.05, 0.1) is 17.5 Å². The monoisotopic (exact) mass is 235 g/mol. The molecule has 0 amide bonds. The lowest BCUT2D eigenvalue weighted by molar-refractivity contribution is 0.524. The highest BCUT2D eigenvalue weighted by molar-refractivity contribution is 5.10. The van der Waals surface area contributed by atoms with E-state index >= 15 is 0 Å². The van der Waals surface area contributed by atoms with Gasteiger partial charge in [-0.25, -0.2) is 4.68 Å². The molecular formula is C12H21N5. The predicted octanol–water partition coefficient (Wildman–Crippen LogP) is 1.64. The van der Waals surface area contributed by atoms with Crippen LogP contribution < -0.4 is 5.32 Å². The van der Waals surface area contributed by atoms with Crippen LogP contribution in [0.1, 0.15) is 44.0 Å². The maximum Gasteiger partial charge on any atom is 0.0996 e. The zero-order valence-electron chi connectivity index (χ0n) is 10.7. The lowest BCUT2D eigenvalue weighted by atomic mass is 10.2. The number of unbranched alkanes of at least 4 members (excludes halogenated alkanes) is 2. The predicted molar refractivity (Wildman–Crippen MR) is 66.2 cm³/mol. The van der Waals surface area contributed by atoms with Crippen LogP contribution in [-0.2, 0) is 19.5 Å². The van der Waals surface area contributed by atoms with E-state index in [1.807, 2.05) is 11.7 Å². The van der Waals surface area contributed by atoms with Crippen molar-refractivity contribution >= 4 is 0 Å². The molecule has 1 heterocycles. The summed E-state index contributed by atoms with van der Waals surface area (Å²) in [6.45, 7) is 3.80. The van der Waals surface area contributed by atoms with Gasteiger partial charge in [-0.05, 0) is 26.3 Å². The molecular weight excluding hydrogens is 214 g/mol. The Kier molecular flexibility index (Phi) is 6.26. The van der Waals surface area contributed by atoms with E-state index in [4.69, 9.17) is 5.26 Å². The Labute approximate surface area is 103 Å². The molecule has 0 fully saturated rings. The normalized spacial score (nSPS) is 10.4. The molecule has 5 heteroatoms. The van der Waals surface area contributed by atoms with Gasteiger partial charge >= 0.3 is 0 Å². The lowest BCUT2D eigenvalue weighted by Crippen LogP contribution is -2.10. The van der Waals surface area contributed by atoms with Crippen LogP contribution in [0.4, 0.5) is 0 Å². The molecule has 1 N–H and O–H groups in total. The van der Waals surface area contributed by atoms with Gasteiger partial charge in [-0.15, -0.1) is 5.10 Å². The van der Waals surface area contributed by atoms with Gasteiger partial charge in [0.2, 0.25) is 0 Å². The average Bonchev–Trinajstić information content (AvgIpc) is 2.69. The maximum absolute atomic E-state index is 8.48. The van der Waals surface area contributed by atoms with Gasteiger partial charge in [0, 0.05) is 19.5 Å². The molecule has 0 atom stereocenters. The molecule has 0 aliphatic heterocycles. The molecule has 0 saturated carbocycles. The third-order valence-corrected chi connectivity index (χ3v) is 2.66. The Bertz CT molecular complexity index is 363. The highest BCUT2D eigenvalue weighted by Gasteiger charge is 2.10. The molecule has 94 valence electrons. The highest BCUT2D eigenvalue weighted by Crippen LogP contribution is 2.10. The molecule has 0 aliphatic rings. The van der Waals surface area contributed by atoms with E-state index in [1.165, 1.54) is 5.69 Å². The summed E-state index contributed by atoms with van der Waals surface area (Å²) >= 11 is 0. The fourth-order valence-corrected chi connectivity index (χ4v) is 1.83. The Balaban J connectivity index is 2.60. The van der Waals surface area contributed by atoms with Crippen molar-refractivity contribution in [2.45, 2.75) is 52.1 Å². The van der Waals surface area contributed by atoms with E-state index in [9.17, 15) is 0 Å². The standard InChI is InChI=1S/C12H21N5/c1-3-7-12-11(10-14-2)15-16-17(12)9-6-4-5-8-13/h14H,3-7,9-10H2,1-2H3. The van der Waals surface area contributed by atoms with Crippen molar-refractivity contribution < 1.29 is 0 Å². The van der Waals surface area contributed by atoms with Crippen LogP contribution in [0, 0.1) is 11.3 Å². The van der Waals surface area contributed by atoms with Crippen LogP contribution in [-0.4, -0.2) is 22.0 Å². The number of hydrogen-bond acceptors (Lipinski definition) is 4. The molecule has 0 aliphatic carbocycles. The number of aromatic nitrogens is 3. The van der Waals surface area contributed by atoms with Gasteiger partial charge in [0.1, 0.15) is 0 Å². The summed E-state index contributed by atoms with van der Waals surface area (Å²) in [4.78, 5) is 0. The zero-order chi connectivity index (χ0) is 12.5. The molecule has 1 rings (SSSR count). The molecule has 0 aromatic carbocycles.